The van der Waals surface area contributed by atoms with Crippen molar-refractivity contribution < 1.29 is 14.3 Å². The molecule has 6 nitrogen and oxygen atoms in total. The lowest BCUT2D eigenvalue weighted by atomic mass is 10.1. The van der Waals surface area contributed by atoms with Crippen LogP contribution in [-0.4, -0.2) is 28.2 Å². The second kappa shape index (κ2) is 7.77. The van der Waals surface area contributed by atoms with E-state index in [-0.39, 0.29) is 11.6 Å². The van der Waals surface area contributed by atoms with Gasteiger partial charge in [-0.1, -0.05) is 31.5 Å². The van der Waals surface area contributed by atoms with E-state index in [1.807, 2.05) is 39.0 Å². The summed E-state index contributed by atoms with van der Waals surface area (Å²) in [7, 11) is 0. The van der Waals surface area contributed by atoms with Crippen molar-refractivity contribution in [2.75, 3.05) is 5.32 Å². The molecule has 1 atom stereocenters. The van der Waals surface area contributed by atoms with Crippen molar-refractivity contribution in [2.24, 2.45) is 0 Å². The summed E-state index contributed by atoms with van der Waals surface area (Å²) in [5.74, 6) is -0.983. The van der Waals surface area contributed by atoms with E-state index < -0.39 is 12.1 Å². The molecule has 24 heavy (non-hydrogen) atoms. The number of hydrogen-bond donors (Lipinski definition) is 2. The van der Waals surface area contributed by atoms with Crippen molar-refractivity contribution in [1.29, 1.82) is 0 Å². The van der Waals surface area contributed by atoms with Crippen LogP contribution in [0, 0.1) is 13.8 Å². The fourth-order valence-electron chi connectivity index (χ4n) is 2.37. The zero-order valence-electron chi connectivity index (χ0n) is 14.5. The Morgan fingerprint density at radius 3 is 2.58 bits per heavy atom. The Kier molecular flexibility index (Phi) is 5.73. The smallest absolute Gasteiger partial charge is 0.359 e. The zero-order chi connectivity index (χ0) is 17.7. The third-order valence-corrected chi connectivity index (χ3v) is 3.74. The maximum Gasteiger partial charge on any atom is 0.359 e. The van der Waals surface area contributed by atoms with Gasteiger partial charge in [0.25, 0.3) is 5.91 Å². The summed E-state index contributed by atoms with van der Waals surface area (Å²) in [5, 5.41) is 9.54. The predicted molar refractivity (Wildman–Crippen MR) is 92.0 cm³/mol. The fraction of sp³-hybridized carbons (Fsp3) is 0.389. The number of rotatable bonds is 6. The molecule has 2 N–H and O–H groups in total. The molecule has 1 heterocycles. The molecule has 0 aliphatic rings. The molecule has 0 fully saturated rings. The lowest BCUT2D eigenvalue weighted by Gasteiger charge is -2.15. The molecule has 0 saturated carbocycles. The Labute approximate surface area is 141 Å². The summed E-state index contributed by atoms with van der Waals surface area (Å²) in [4.78, 5) is 24.4. The van der Waals surface area contributed by atoms with Crippen LogP contribution in [0.25, 0.3) is 0 Å². The van der Waals surface area contributed by atoms with E-state index in [1.165, 1.54) is 0 Å². The van der Waals surface area contributed by atoms with E-state index in [0.29, 0.717) is 0 Å². The number of nitrogens with one attached hydrogen (secondary N) is 2. The van der Waals surface area contributed by atoms with Gasteiger partial charge in [-0.25, -0.2) is 4.79 Å². The molecule has 0 aliphatic heterocycles. The lowest BCUT2D eigenvalue weighted by Crippen LogP contribution is -2.30. The molecule has 2 rings (SSSR count). The van der Waals surface area contributed by atoms with Crippen molar-refractivity contribution in [2.45, 2.75) is 46.6 Å². The summed E-state index contributed by atoms with van der Waals surface area (Å²) in [6, 6.07) is 7.41. The third-order valence-electron chi connectivity index (χ3n) is 3.74. The van der Waals surface area contributed by atoms with Gasteiger partial charge in [0.15, 0.2) is 11.8 Å². The number of aromatic nitrogens is 2. The molecule has 0 aliphatic carbocycles. The average molecular weight is 329 g/mol. The van der Waals surface area contributed by atoms with Gasteiger partial charge in [0, 0.05) is 11.4 Å². The molecule has 2 aromatic rings. The molecule has 1 amide bonds. The molecule has 1 aromatic heterocycles. The number of aryl methyl sites for hydroxylation is 3. The lowest BCUT2D eigenvalue weighted by molar-refractivity contribution is -0.123. The molecule has 1 aromatic carbocycles. The molecule has 1 unspecified atom stereocenters. The third kappa shape index (κ3) is 4.22. The Hall–Kier alpha value is -2.63. The number of anilines is 1. The van der Waals surface area contributed by atoms with Gasteiger partial charge < -0.3 is 10.1 Å². The number of ether oxygens (including phenoxy) is 1. The standard InChI is InChI=1S/C18H23N3O3/c1-5-7-14-10-15(21-20-14)18(23)24-13(4)17(22)19-16-11(2)8-6-9-12(16)3/h6,8-10,13H,5,7H2,1-4H3,(H,19,22)(H,20,21). The predicted octanol–water partition coefficient (Wildman–Crippen LogP) is 3.16. The van der Waals surface area contributed by atoms with Crippen molar-refractivity contribution in [1.82, 2.24) is 10.2 Å². The quantitative estimate of drug-likeness (QED) is 0.797. The van der Waals surface area contributed by atoms with Crippen molar-refractivity contribution in [3.8, 4) is 0 Å². The van der Waals surface area contributed by atoms with Crippen LogP contribution >= 0.6 is 0 Å². The first-order chi connectivity index (χ1) is 11.4. The largest absolute Gasteiger partial charge is 0.448 e. The van der Waals surface area contributed by atoms with Crippen LogP contribution in [0.5, 0.6) is 0 Å². The van der Waals surface area contributed by atoms with E-state index in [4.69, 9.17) is 4.74 Å². The molecular weight excluding hydrogens is 306 g/mol. The SMILES string of the molecule is CCCc1cc(C(=O)OC(C)C(=O)Nc2c(C)cccc2C)n[nH]1. The van der Waals surface area contributed by atoms with Gasteiger partial charge in [-0.05, 0) is 44.4 Å². The van der Waals surface area contributed by atoms with Crippen molar-refractivity contribution >= 4 is 17.6 Å². The van der Waals surface area contributed by atoms with Crippen LogP contribution < -0.4 is 5.32 Å². The minimum Gasteiger partial charge on any atom is -0.448 e. The number of para-hydroxylation sites is 1. The number of nitrogens with zero attached hydrogens (tertiary/aromatic N) is 1. The highest BCUT2D eigenvalue weighted by Crippen LogP contribution is 2.20. The number of H-pyrrole nitrogens is 1. The highest BCUT2D eigenvalue weighted by atomic mass is 16.5. The molecule has 0 saturated heterocycles. The van der Waals surface area contributed by atoms with Crippen LogP contribution in [0.15, 0.2) is 24.3 Å². The van der Waals surface area contributed by atoms with Gasteiger partial charge in [0.05, 0.1) is 0 Å². The molecular formula is C18H23N3O3. The van der Waals surface area contributed by atoms with E-state index in [0.717, 1.165) is 35.3 Å². The summed E-state index contributed by atoms with van der Waals surface area (Å²) in [5.41, 5.74) is 3.72. The fourth-order valence-corrected chi connectivity index (χ4v) is 2.37. The normalized spacial score (nSPS) is 11.8. The van der Waals surface area contributed by atoms with Gasteiger partial charge in [-0.2, -0.15) is 5.10 Å². The Bertz CT molecular complexity index is 717. The van der Waals surface area contributed by atoms with Crippen molar-refractivity contribution in [3.63, 3.8) is 0 Å². The van der Waals surface area contributed by atoms with E-state index in [2.05, 4.69) is 15.5 Å². The molecule has 0 spiro atoms. The second-order valence-electron chi connectivity index (χ2n) is 5.83. The molecule has 128 valence electrons. The first-order valence-electron chi connectivity index (χ1n) is 8.04. The van der Waals surface area contributed by atoms with Gasteiger partial charge in [-0.15, -0.1) is 0 Å². The van der Waals surface area contributed by atoms with Crippen LogP contribution in [-0.2, 0) is 16.0 Å². The van der Waals surface area contributed by atoms with Crippen LogP contribution in [0.2, 0.25) is 0 Å². The summed E-state index contributed by atoms with van der Waals surface area (Å²) < 4.78 is 5.21. The number of esters is 1. The maximum atomic E-state index is 12.3. The summed E-state index contributed by atoms with van der Waals surface area (Å²) in [6.07, 6.45) is 0.844. The first-order valence-corrected chi connectivity index (χ1v) is 8.04. The number of aromatic amines is 1. The average Bonchev–Trinajstić information content (AvgIpc) is 3.00. The molecule has 0 bridgehead atoms. The molecule has 0 radical (unpaired) electrons. The Balaban J connectivity index is 1.99. The Morgan fingerprint density at radius 1 is 1.29 bits per heavy atom. The Morgan fingerprint density at radius 2 is 1.96 bits per heavy atom. The van der Waals surface area contributed by atoms with E-state index in [9.17, 15) is 9.59 Å². The number of carbonyl (C=O) groups is 2. The van der Waals surface area contributed by atoms with Gasteiger partial charge in [0.1, 0.15) is 0 Å². The van der Waals surface area contributed by atoms with Gasteiger partial charge >= 0.3 is 5.97 Å². The van der Waals surface area contributed by atoms with E-state index >= 15 is 0 Å². The first kappa shape index (κ1) is 17.7. The van der Waals surface area contributed by atoms with Crippen LogP contribution in [0.3, 0.4) is 0 Å². The van der Waals surface area contributed by atoms with Gasteiger partial charge in [-0.3, -0.25) is 9.89 Å². The van der Waals surface area contributed by atoms with Crippen molar-refractivity contribution in [3.05, 3.63) is 46.8 Å². The minimum absolute atomic E-state index is 0.185. The topological polar surface area (TPSA) is 84.1 Å². The zero-order valence-corrected chi connectivity index (χ0v) is 14.5. The van der Waals surface area contributed by atoms with E-state index in [1.54, 1.807) is 13.0 Å². The number of hydrogen-bond acceptors (Lipinski definition) is 4. The summed E-state index contributed by atoms with van der Waals surface area (Å²) in [6.45, 7) is 7.41. The monoisotopic (exact) mass is 329 g/mol. The minimum atomic E-state index is -0.914. The van der Waals surface area contributed by atoms with Crippen LogP contribution in [0.1, 0.15) is 47.6 Å². The van der Waals surface area contributed by atoms with Gasteiger partial charge in [0.2, 0.25) is 0 Å². The second-order valence-corrected chi connectivity index (χ2v) is 5.83. The number of benzene rings is 1. The highest BCUT2D eigenvalue weighted by Gasteiger charge is 2.21. The maximum absolute atomic E-state index is 12.3. The number of amides is 1. The molecule has 6 heteroatoms. The highest BCUT2D eigenvalue weighted by molar-refractivity contribution is 5.97. The van der Waals surface area contributed by atoms with Crippen LogP contribution in [0.4, 0.5) is 5.69 Å². The summed E-state index contributed by atoms with van der Waals surface area (Å²) >= 11 is 0. The number of carbonyl (C=O) groups excluding carboxylic acids is 2.